The molecule has 0 aliphatic heterocycles. The fraction of sp³-hybridized carbons (Fsp3) is 0.429. The fourth-order valence-electron chi connectivity index (χ4n) is 2.09. The average molecular weight is 293 g/mol. The predicted octanol–water partition coefficient (Wildman–Crippen LogP) is 1.14. The predicted molar refractivity (Wildman–Crippen MR) is 76.7 cm³/mol. The zero-order chi connectivity index (χ0) is 15.4. The molecular weight excluding hydrogens is 274 g/mol. The van der Waals surface area contributed by atoms with E-state index in [1.54, 1.807) is 11.0 Å². The number of carbonyl (C=O) groups is 1. The van der Waals surface area contributed by atoms with Crippen molar-refractivity contribution < 1.29 is 19.8 Å². The lowest BCUT2D eigenvalue weighted by molar-refractivity contribution is 0.0744. The first-order valence-electron chi connectivity index (χ1n) is 6.71. The maximum absolute atomic E-state index is 12.6. The molecule has 1 aromatic carbocycles. The summed E-state index contributed by atoms with van der Waals surface area (Å²) in [6, 6.07) is 4.68. The van der Waals surface area contributed by atoms with Crippen LogP contribution in [0.1, 0.15) is 29.6 Å². The zero-order valence-corrected chi connectivity index (χ0v) is 11.8. The molecule has 0 saturated heterocycles. The number of nitrogens with two attached hydrogens (primary N) is 1. The SMILES string of the molecule is COc1ccc(O)c(C(=O)N(CCC(N)=NO)C2CC2)c1. The van der Waals surface area contributed by atoms with E-state index in [-0.39, 0.29) is 35.5 Å². The number of carbonyl (C=O) groups excluding carboxylic acids is 1. The molecule has 0 heterocycles. The number of benzene rings is 1. The molecule has 4 N–H and O–H groups in total. The van der Waals surface area contributed by atoms with Gasteiger partial charge in [-0.1, -0.05) is 5.16 Å². The van der Waals surface area contributed by atoms with Crippen molar-refractivity contribution in [1.82, 2.24) is 4.90 Å². The topological polar surface area (TPSA) is 108 Å². The number of amidine groups is 1. The summed E-state index contributed by atoms with van der Waals surface area (Å²) in [5.41, 5.74) is 5.64. The van der Waals surface area contributed by atoms with Crippen LogP contribution < -0.4 is 10.5 Å². The standard InChI is InChI=1S/C14H19N3O4/c1-21-10-4-5-12(18)11(8-10)14(19)17(9-2-3-9)7-6-13(15)16-20/h4-5,8-9,18,20H,2-3,6-7H2,1H3,(H2,15,16). The van der Waals surface area contributed by atoms with Crippen LogP contribution in [0.2, 0.25) is 0 Å². The second-order valence-corrected chi connectivity index (χ2v) is 4.95. The summed E-state index contributed by atoms with van der Waals surface area (Å²) >= 11 is 0. The average Bonchev–Trinajstić information content (AvgIpc) is 3.32. The molecule has 7 heteroatoms. The lowest BCUT2D eigenvalue weighted by Gasteiger charge is -2.22. The quantitative estimate of drug-likeness (QED) is 0.315. The Kier molecular flexibility index (Phi) is 4.52. The van der Waals surface area contributed by atoms with E-state index < -0.39 is 0 Å². The van der Waals surface area contributed by atoms with E-state index in [1.807, 2.05) is 0 Å². The van der Waals surface area contributed by atoms with Crippen LogP contribution in [0.5, 0.6) is 11.5 Å². The first-order valence-corrected chi connectivity index (χ1v) is 6.71. The van der Waals surface area contributed by atoms with Gasteiger partial charge >= 0.3 is 0 Å². The van der Waals surface area contributed by atoms with Crippen LogP contribution in [0, 0.1) is 0 Å². The molecule has 7 nitrogen and oxygen atoms in total. The summed E-state index contributed by atoms with van der Waals surface area (Å²) in [4.78, 5) is 14.2. The number of hydrogen-bond acceptors (Lipinski definition) is 5. The molecule has 1 saturated carbocycles. The number of aromatic hydroxyl groups is 1. The Morgan fingerprint density at radius 1 is 1.52 bits per heavy atom. The van der Waals surface area contributed by atoms with Crippen LogP contribution >= 0.6 is 0 Å². The number of oxime groups is 1. The maximum atomic E-state index is 12.6. The summed E-state index contributed by atoms with van der Waals surface area (Å²) in [7, 11) is 1.50. The summed E-state index contributed by atoms with van der Waals surface area (Å²) in [5, 5.41) is 21.4. The third-order valence-corrected chi connectivity index (χ3v) is 3.42. The van der Waals surface area contributed by atoms with E-state index in [0.29, 0.717) is 12.3 Å². The molecule has 1 aromatic rings. The Morgan fingerprint density at radius 2 is 2.24 bits per heavy atom. The lowest BCUT2D eigenvalue weighted by Crippen LogP contribution is -2.36. The molecule has 21 heavy (non-hydrogen) atoms. The summed E-state index contributed by atoms with van der Waals surface area (Å²) in [5.74, 6) is 0.210. The van der Waals surface area contributed by atoms with Crippen molar-refractivity contribution in [2.24, 2.45) is 10.9 Å². The van der Waals surface area contributed by atoms with Crippen LogP contribution in [-0.2, 0) is 0 Å². The highest BCUT2D eigenvalue weighted by atomic mass is 16.5. The molecule has 0 atom stereocenters. The fourth-order valence-corrected chi connectivity index (χ4v) is 2.09. The van der Waals surface area contributed by atoms with Gasteiger partial charge in [-0.3, -0.25) is 4.79 Å². The van der Waals surface area contributed by atoms with Gasteiger partial charge in [-0.15, -0.1) is 0 Å². The molecule has 0 aromatic heterocycles. The summed E-state index contributed by atoms with van der Waals surface area (Å²) in [6.45, 7) is 0.343. The molecule has 0 radical (unpaired) electrons. The van der Waals surface area contributed by atoms with Gasteiger partial charge in [0.25, 0.3) is 5.91 Å². The molecule has 1 amide bonds. The first-order chi connectivity index (χ1) is 10.1. The van der Waals surface area contributed by atoms with E-state index >= 15 is 0 Å². The van der Waals surface area contributed by atoms with Crippen LogP contribution in [0.3, 0.4) is 0 Å². The van der Waals surface area contributed by atoms with Crippen LogP contribution in [0.4, 0.5) is 0 Å². The van der Waals surface area contributed by atoms with Gasteiger partial charge < -0.3 is 25.7 Å². The molecule has 0 spiro atoms. The molecule has 1 aliphatic rings. The third-order valence-electron chi connectivity index (χ3n) is 3.42. The second-order valence-electron chi connectivity index (χ2n) is 4.95. The Balaban J connectivity index is 2.18. The van der Waals surface area contributed by atoms with Crippen molar-refractivity contribution >= 4 is 11.7 Å². The van der Waals surface area contributed by atoms with Crippen LogP contribution in [0.15, 0.2) is 23.4 Å². The lowest BCUT2D eigenvalue weighted by atomic mass is 10.1. The molecular formula is C14H19N3O4. The number of amides is 1. The minimum absolute atomic E-state index is 0.0725. The van der Waals surface area contributed by atoms with E-state index in [2.05, 4.69) is 5.16 Å². The largest absolute Gasteiger partial charge is 0.507 e. The normalized spacial score (nSPS) is 14.8. The summed E-state index contributed by atoms with van der Waals surface area (Å²) < 4.78 is 5.08. The Morgan fingerprint density at radius 3 is 2.81 bits per heavy atom. The summed E-state index contributed by atoms with van der Waals surface area (Å²) in [6.07, 6.45) is 2.13. The van der Waals surface area contributed by atoms with E-state index in [1.165, 1.54) is 19.2 Å². The van der Waals surface area contributed by atoms with Crippen molar-refractivity contribution in [2.45, 2.75) is 25.3 Å². The molecule has 2 rings (SSSR count). The smallest absolute Gasteiger partial charge is 0.258 e. The number of methoxy groups -OCH3 is 1. The minimum atomic E-state index is -0.278. The van der Waals surface area contributed by atoms with Gasteiger partial charge in [0.2, 0.25) is 0 Å². The van der Waals surface area contributed by atoms with E-state index in [4.69, 9.17) is 15.7 Å². The Bertz CT molecular complexity index is 555. The van der Waals surface area contributed by atoms with Crippen LogP contribution in [0.25, 0.3) is 0 Å². The van der Waals surface area contributed by atoms with Crippen molar-refractivity contribution in [2.75, 3.05) is 13.7 Å². The molecule has 114 valence electrons. The highest BCUT2D eigenvalue weighted by Crippen LogP contribution is 2.31. The van der Waals surface area contributed by atoms with Gasteiger partial charge in [0.05, 0.1) is 12.7 Å². The number of hydrogen-bond donors (Lipinski definition) is 3. The highest BCUT2D eigenvalue weighted by molar-refractivity contribution is 5.98. The van der Waals surface area contributed by atoms with Gasteiger partial charge in [0, 0.05) is 19.0 Å². The molecule has 0 unspecified atom stereocenters. The van der Waals surface area contributed by atoms with Gasteiger partial charge in [-0.25, -0.2) is 0 Å². The second kappa shape index (κ2) is 6.34. The number of phenols is 1. The maximum Gasteiger partial charge on any atom is 0.258 e. The van der Waals surface area contributed by atoms with Crippen LogP contribution in [-0.4, -0.2) is 46.7 Å². The monoisotopic (exact) mass is 293 g/mol. The van der Waals surface area contributed by atoms with Crippen molar-refractivity contribution in [1.29, 1.82) is 0 Å². The number of phenolic OH excluding ortho intramolecular Hbond substituents is 1. The number of ether oxygens (including phenoxy) is 1. The zero-order valence-electron chi connectivity index (χ0n) is 11.8. The minimum Gasteiger partial charge on any atom is -0.507 e. The van der Waals surface area contributed by atoms with Crippen molar-refractivity contribution in [3.05, 3.63) is 23.8 Å². The molecule has 1 fully saturated rings. The molecule has 0 bridgehead atoms. The van der Waals surface area contributed by atoms with Gasteiger partial charge in [-0.2, -0.15) is 0 Å². The van der Waals surface area contributed by atoms with E-state index in [9.17, 15) is 9.90 Å². The van der Waals surface area contributed by atoms with Gasteiger partial charge in [0.1, 0.15) is 17.3 Å². The molecule has 1 aliphatic carbocycles. The highest BCUT2D eigenvalue weighted by Gasteiger charge is 2.34. The van der Waals surface area contributed by atoms with E-state index in [0.717, 1.165) is 12.8 Å². The van der Waals surface area contributed by atoms with Gasteiger partial charge in [-0.05, 0) is 31.0 Å². The van der Waals surface area contributed by atoms with Crippen molar-refractivity contribution in [3.63, 3.8) is 0 Å². The van der Waals surface area contributed by atoms with Gasteiger partial charge in [0.15, 0.2) is 0 Å². The number of rotatable bonds is 6. The first kappa shape index (κ1) is 15.0. The third kappa shape index (κ3) is 3.56. The van der Waals surface area contributed by atoms with Crippen molar-refractivity contribution in [3.8, 4) is 11.5 Å². The Labute approximate surface area is 122 Å². The Hall–Kier alpha value is -2.44. The number of nitrogens with zero attached hydrogens (tertiary/aromatic N) is 2.